The molecule has 0 aromatic heterocycles. The summed E-state index contributed by atoms with van der Waals surface area (Å²) in [6.07, 6.45) is 0. The largest absolute Gasteiger partial charge is 0.399 e. The number of hydrogen-bond acceptors (Lipinski definition) is 2. The second-order valence-corrected chi connectivity index (χ2v) is 5.94. The van der Waals surface area contributed by atoms with Gasteiger partial charge in [-0.2, -0.15) is 0 Å². The molecule has 0 amide bonds. The van der Waals surface area contributed by atoms with Crippen molar-refractivity contribution in [2.75, 3.05) is 5.73 Å². The number of hydrogen-bond donors (Lipinski definition) is 1. The van der Waals surface area contributed by atoms with Crippen LogP contribution in [-0.2, 0) is 0 Å². The third-order valence-corrected chi connectivity index (χ3v) is 4.42. The lowest BCUT2D eigenvalue weighted by atomic mass is 10.00. The molecule has 2 aromatic rings. The van der Waals surface area contributed by atoms with Crippen molar-refractivity contribution in [2.45, 2.75) is 6.92 Å². The van der Waals surface area contributed by atoms with Crippen LogP contribution in [0.4, 0.5) is 10.1 Å². The molecule has 2 N–H and O–H groups in total. The molecule has 0 atom stereocenters. The Morgan fingerprint density at radius 2 is 1.67 bits per heavy atom. The third kappa shape index (κ3) is 2.97. The van der Waals surface area contributed by atoms with Crippen LogP contribution < -0.4 is 5.73 Å². The molecule has 21 heavy (non-hydrogen) atoms. The predicted molar refractivity (Wildman–Crippen MR) is 85.5 cm³/mol. The minimum atomic E-state index is -0.712. The number of aryl methyl sites for hydroxylation is 1. The van der Waals surface area contributed by atoms with E-state index >= 15 is 0 Å². The smallest absolute Gasteiger partial charge is 0.199 e. The van der Waals surface area contributed by atoms with Crippen LogP contribution in [0, 0.1) is 12.7 Å². The first-order chi connectivity index (χ1) is 9.73. The van der Waals surface area contributed by atoms with Crippen molar-refractivity contribution < 1.29 is 9.18 Å². The highest BCUT2D eigenvalue weighted by atomic mass is 35.5. The number of rotatable bonds is 2. The van der Waals surface area contributed by atoms with E-state index in [0.717, 1.165) is 0 Å². The average Bonchev–Trinajstić information content (AvgIpc) is 2.40. The Balaban J connectivity index is 2.70. The first kappa shape index (κ1) is 16.4. The molecule has 0 bridgehead atoms. The van der Waals surface area contributed by atoms with Crippen LogP contribution in [-0.4, -0.2) is 5.78 Å². The molecule has 0 aliphatic carbocycles. The van der Waals surface area contributed by atoms with Gasteiger partial charge in [-0.15, -0.1) is 0 Å². The van der Waals surface area contributed by atoms with Crippen LogP contribution in [0.25, 0.3) is 0 Å². The van der Waals surface area contributed by atoms with E-state index in [2.05, 4.69) is 0 Å². The first-order valence-corrected chi connectivity index (χ1v) is 7.18. The highest BCUT2D eigenvalue weighted by molar-refractivity contribution is 6.51. The molecule has 0 unspecified atom stereocenters. The first-order valence-electron chi connectivity index (χ1n) is 5.67. The number of carbonyl (C=O) groups is 1. The zero-order chi connectivity index (χ0) is 15.9. The maximum atomic E-state index is 14.1. The van der Waals surface area contributed by atoms with Crippen molar-refractivity contribution in [1.82, 2.24) is 0 Å². The van der Waals surface area contributed by atoms with Crippen molar-refractivity contribution in [3.05, 3.63) is 60.8 Å². The summed E-state index contributed by atoms with van der Waals surface area (Å²) >= 11 is 23.7. The molecule has 0 radical (unpaired) electrons. The SMILES string of the molecule is Cc1cc(N)cc(C(=O)c2c(Cl)cc(Cl)c(Cl)c2Cl)c1F. The van der Waals surface area contributed by atoms with E-state index in [0.29, 0.717) is 0 Å². The van der Waals surface area contributed by atoms with Crippen LogP contribution in [0.3, 0.4) is 0 Å². The van der Waals surface area contributed by atoms with Gasteiger partial charge in [-0.05, 0) is 30.7 Å². The third-order valence-electron chi connectivity index (χ3n) is 2.86. The van der Waals surface area contributed by atoms with Gasteiger partial charge in [0.15, 0.2) is 5.78 Å². The fourth-order valence-corrected chi connectivity index (χ4v) is 2.96. The van der Waals surface area contributed by atoms with Gasteiger partial charge in [0.05, 0.1) is 31.2 Å². The Morgan fingerprint density at radius 3 is 2.29 bits per heavy atom. The second kappa shape index (κ2) is 6.01. The molecule has 0 saturated carbocycles. The van der Waals surface area contributed by atoms with Gasteiger partial charge in [-0.1, -0.05) is 46.4 Å². The van der Waals surface area contributed by atoms with Gasteiger partial charge in [0.1, 0.15) is 5.82 Å². The molecule has 0 aliphatic rings. The Kier molecular flexibility index (Phi) is 4.69. The monoisotopic (exact) mass is 365 g/mol. The number of nitrogens with two attached hydrogens (primary N) is 1. The number of nitrogen functional groups attached to an aromatic ring is 1. The molecule has 2 nitrogen and oxygen atoms in total. The fourth-order valence-electron chi connectivity index (χ4n) is 1.87. The summed E-state index contributed by atoms with van der Waals surface area (Å²) in [6.45, 7) is 1.50. The van der Waals surface area contributed by atoms with Crippen molar-refractivity contribution in [3.8, 4) is 0 Å². The van der Waals surface area contributed by atoms with E-state index in [1.165, 1.54) is 25.1 Å². The lowest BCUT2D eigenvalue weighted by molar-refractivity contribution is 0.103. The van der Waals surface area contributed by atoms with Gasteiger partial charge in [0, 0.05) is 5.69 Å². The fraction of sp³-hybridized carbons (Fsp3) is 0.0714. The molecule has 2 rings (SSSR count). The standard InChI is InChI=1S/C14H8Cl4FNO/c1-5-2-6(20)3-7(13(5)19)14(21)10-8(15)4-9(16)11(17)12(10)18/h2-4H,20H2,1H3. The summed E-state index contributed by atoms with van der Waals surface area (Å²) in [6, 6.07) is 3.92. The summed E-state index contributed by atoms with van der Waals surface area (Å²) in [5, 5.41) is -0.0583. The molecule has 7 heteroatoms. The van der Waals surface area contributed by atoms with Gasteiger partial charge in [-0.3, -0.25) is 4.79 Å². The summed E-state index contributed by atoms with van der Waals surface area (Å²) in [5.41, 5.74) is 5.80. The van der Waals surface area contributed by atoms with Crippen molar-refractivity contribution in [1.29, 1.82) is 0 Å². The summed E-state index contributed by atoms with van der Waals surface area (Å²) in [7, 11) is 0. The zero-order valence-corrected chi connectivity index (χ0v) is 13.6. The van der Waals surface area contributed by atoms with E-state index in [-0.39, 0.29) is 42.5 Å². The molecule has 0 aliphatic heterocycles. The molecular formula is C14H8Cl4FNO. The van der Waals surface area contributed by atoms with E-state index in [1.54, 1.807) is 0 Å². The van der Waals surface area contributed by atoms with Gasteiger partial charge in [-0.25, -0.2) is 4.39 Å². The Labute approximate surface area is 140 Å². The highest BCUT2D eigenvalue weighted by Crippen LogP contribution is 2.39. The number of benzene rings is 2. The molecule has 0 spiro atoms. The van der Waals surface area contributed by atoms with E-state index in [9.17, 15) is 9.18 Å². The molecule has 0 saturated heterocycles. The van der Waals surface area contributed by atoms with Gasteiger partial charge < -0.3 is 5.73 Å². The highest BCUT2D eigenvalue weighted by Gasteiger charge is 2.24. The van der Waals surface area contributed by atoms with Crippen LogP contribution >= 0.6 is 46.4 Å². The van der Waals surface area contributed by atoms with E-state index in [4.69, 9.17) is 52.1 Å². The van der Waals surface area contributed by atoms with Crippen molar-refractivity contribution in [3.63, 3.8) is 0 Å². The maximum absolute atomic E-state index is 14.1. The minimum Gasteiger partial charge on any atom is -0.399 e. The summed E-state index contributed by atoms with van der Waals surface area (Å²) < 4.78 is 14.1. The Morgan fingerprint density at radius 1 is 1.05 bits per heavy atom. The normalized spacial score (nSPS) is 10.8. The van der Waals surface area contributed by atoms with Gasteiger partial charge >= 0.3 is 0 Å². The Bertz CT molecular complexity index is 761. The number of ketones is 1. The van der Waals surface area contributed by atoms with Crippen LogP contribution in [0.15, 0.2) is 18.2 Å². The van der Waals surface area contributed by atoms with Gasteiger partial charge in [0.2, 0.25) is 0 Å². The average molecular weight is 367 g/mol. The second-order valence-electron chi connectivity index (χ2n) is 4.37. The van der Waals surface area contributed by atoms with E-state index in [1.807, 2.05) is 0 Å². The minimum absolute atomic E-state index is 0.0149. The van der Waals surface area contributed by atoms with Crippen LogP contribution in [0.1, 0.15) is 21.5 Å². The van der Waals surface area contributed by atoms with Crippen LogP contribution in [0.5, 0.6) is 0 Å². The van der Waals surface area contributed by atoms with Gasteiger partial charge in [0.25, 0.3) is 0 Å². The van der Waals surface area contributed by atoms with Crippen molar-refractivity contribution >= 4 is 57.9 Å². The molecular weight excluding hydrogens is 359 g/mol. The maximum Gasteiger partial charge on any atom is 0.199 e. The molecule has 110 valence electrons. The number of anilines is 1. The zero-order valence-electron chi connectivity index (χ0n) is 10.6. The van der Waals surface area contributed by atoms with Crippen molar-refractivity contribution in [2.24, 2.45) is 0 Å². The lowest BCUT2D eigenvalue weighted by Gasteiger charge is -2.11. The van der Waals surface area contributed by atoms with E-state index < -0.39 is 11.6 Å². The topological polar surface area (TPSA) is 43.1 Å². The molecule has 2 aromatic carbocycles. The quantitative estimate of drug-likeness (QED) is 0.327. The summed E-state index contributed by atoms with van der Waals surface area (Å²) in [5.74, 6) is -1.40. The number of halogens is 5. The lowest BCUT2D eigenvalue weighted by Crippen LogP contribution is -2.08. The molecule has 0 fully saturated rings. The molecule has 0 heterocycles. The predicted octanol–water partition coefficient (Wildman–Crippen LogP) is 5.56. The van der Waals surface area contributed by atoms with Crippen LogP contribution in [0.2, 0.25) is 20.1 Å². The summed E-state index contributed by atoms with van der Waals surface area (Å²) in [4.78, 5) is 12.5. The Hall–Kier alpha value is -1.000. The number of carbonyl (C=O) groups excluding carboxylic acids is 1.